The van der Waals surface area contributed by atoms with Crippen LogP contribution in [0, 0.1) is 0 Å². The Bertz CT molecular complexity index is 989. The lowest BCUT2D eigenvalue weighted by Crippen LogP contribution is -2.11. The monoisotopic (exact) mass is 354 g/mol. The van der Waals surface area contributed by atoms with Crippen LogP contribution < -0.4 is 5.32 Å². The highest BCUT2D eigenvalue weighted by molar-refractivity contribution is 7.08. The summed E-state index contributed by atoms with van der Waals surface area (Å²) in [7, 11) is 0. The first-order valence-electron chi connectivity index (χ1n) is 7.14. The van der Waals surface area contributed by atoms with Gasteiger partial charge in [0.2, 0.25) is 0 Å². The predicted octanol–water partition coefficient (Wildman–Crippen LogP) is 4.59. The number of hydrogen-bond donors (Lipinski definition) is 2. The molecule has 118 valence electrons. The normalized spacial score (nSPS) is 10.9. The number of carbonyl (C=O) groups is 1. The number of carbonyl (C=O) groups excluding carboxylic acids is 1. The van der Waals surface area contributed by atoms with Crippen molar-refractivity contribution in [2.24, 2.45) is 0 Å². The van der Waals surface area contributed by atoms with E-state index >= 15 is 0 Å². The van der Waals surface area contributed by atoms with Gasteiger partial charge < -0.3 is 10.3 Å². The third-order valence-corrected chi connectivity index (χ3v) is 4.74. The number of H-pyrrole nitrogens is 1. The maximum atomic E-state index is 12.2. The zero-order chi connectivity index (χ0) is 16.5. The van der Waals surface area contributed by atoms with Crippen LogP contribution in [0.5, 0.6) is 0 Å². The van der Waals surface area contributed by atoms with E-state index < -0.39 is 0 Å². The van der Waals surface area contributed by atoms with Crippen LogP contribution in [0.4, 0.5) is 5.69 Å². The molecule has 0 unspecified atom stereocenters. The molecule has 0 radical (unpaired) electrons. The molecule has 0 aliphatic rings. The summed E-state index contributed by atoms with van der Waals surface area (Å²) < 4.78 is 0. The van der Waals surface area contributed by atoms with E-state index in [9.17, 15) is 4.79 Å². The largest absolute Gasteiger partial charge is 0.337 e. The second-order valence-corrected chi connectivity index (χ2v) is 6.29. The van der Waals surface area contributed by atoms with Gasteiger partial charge >= 0.3 is 0 Å². The molecule has 0 saturated carbocycles. The van der Waals surface area contributed by atoms with Gasteiger partial charge in [0.15, 0.2) is 0 Å². The van der Waals surface area contributed by atoms with Gasteiger partial charge in [0.25, 0.3) is 5.91 Å². The van der Waals surface area contributed by atoms with E-state index in [2.05, 4.69) is 20.3 Å². The molecule has 0 spiro atoms. The number of thiophene rings is 1. The Morgan fingerprint density at radius 3 is 2.71 bits per heavy atom. The standard InChI is InChI=1S/C17H11ClN4OS/c18-13-9-24-8-12(13)17(23)20-11-3-1-10(2-4-11)16-21-14-5-6-19-7-15(14)22-16/h1-9H,(H,20,23)(H,21,22). The molecule has 24 heavy (non-hydrogen) atoms. The molecule has 4 aromatic rings. The third-order valence-electron chi connectivity index (χ3n) is 3.56. The lowest BCUT2D eigenvalue weighted by atomic mass is 10.2. The Hall–Kier alpha value is -2.70. The molecular weight excluding hydrogens is 344 g/mol. The lowest BCUT2D eigenvalue weighted by molar-refractivity contribution is 0.102. The highest BCUT2D eigenvalue weighted by atomic mass is 35.5. The summed E-state index contributed by atoms with van der Waals surface area (Å²) in [5.41, 5.74) is 3.86. The summed E-state index contributed by atoms with van der Waals surface area (Å²) in [6, 6.07) is 9.32. The van der Waals surface area contributed by atoms with E-state index in [1.807, 2.05) is 30.3 Å². The van der Waals surface area contributed by atoms with E-state index in [-0.39, 0.29) is 5.91 Å². The summed E-state index contributed by atoms with van der Waals surface area (Å²) in [5.74, 6) is 0.542. The number of imidazole rings is 1. The Morgan fingerprint density at radius 1 is 1.17 bits per heavy atom. The minimum absolute atomic E-state index is 0.219. The van der Waals surface area contributed by atoms with Crippen molar-refractivity contribution in [2.45, 2.75) is 0 Å². The first-order chi connectivity index (χ1) is 11.7. The fourth-order valence-corrected chi connectivity index (χ4v) is 3.39. The number of rotatable bonds is 3. The van der Waals surface area contributed by atoms with Gasteiger partial charge in [0.1, 0.15) is 5.82 Å². The number of halogens is 1. The molecule has 7 heteroatoms. The lowest BCUT2D eigenvalue weighted by Gasteiger charge is -2.05. The zero-order valence-electron chi connectivity index (χ0n) is 12.3. The van der Waals surface area contributed by atoms with E-state index in [0.29, 0.717) is 16.3 Å². The Labute approximate surface area is 146 Å². The maximum absolute atomic E-state index is 12.2. The molecule has 1 aromatic carbocycles. The van der Waals surface area contributed by atoms with Gasteiger partial charge in [-0.05, 0) is 30.3 Å². The van der Waals surface area contributed by atoms with Crippen LogP contribution in [0.1, 0.15) is 10.4 Å². The highest BCUT2D eigenvalue weighted by Crippen LogP contribution is 2.24. The molecule has 0 bridgehead atoms. The number of pyridine rings is 1. The number of anilines is 1. The van der Waals surface area contributed by atoms with Gasteiger partial charge in [-0.25, -0.2) is 4.98 Å². The van der Waals surface area contributed by atoms with Crippen molar-refractivity contribution in [3.05, 3.63) is 64.1 Å². The van der Waals surface area contributed by atoms with Crippen LogP contribution in [0.15, 0.2) is 53.5 Å². The molecular formula is C17H11ClN4OS. The Kier molecular flexibility index (Phi) is 3.76. The molecule has 0 saturated heterocycles. The number of hydrogen-bond acceptors (Lipinski definition) is 4. The molecule has 1 amide bonds. The average molecular weight is 355 g/mol. The van der Waals surface area contributed by atoms with E-state index in [0.717, 1.165) is 22.4 Å². The maximum Gasteiger partial charge on any atom is 0.258 e. The minimum Gasteiger partial charge on any atom is -0.337 e. The smallest absolute Gasteiger partial charge is 0.258 e. The Morgan fingerprint density at radius 2 is 2.00 bits per heavy atom. The van der Waals surface area contributed by atoms with Crippen LogP contribution in [0.3, 0.4) is 0 Å². The second-order valence-electron chi connectivity index (χ2n) is 5.14. The van der Waals surface area contributed by atoms with Crippen molar-refractivity contribution < 1.29 is 4.79 Å². The number of benzene rings is 1. The summed E-state index contributed by atoms with van der Waals surface area (Å²) in [5, 5.41) is 6.76. The van der Waals surface area contributed by atoms with Gasteiger partial charge in [0, 0.05) is 28.2 Å². The van der Waals surface area contributed by atoms with Crippen LogP contribution in [-0.2, 0) is 0 Å². The molecule has 0 atom stereocenters. The molecule has 5 nitrogen and oxygen atoms in total. The van der Waals surface area contributed by atoms with Crippen molar-refractivity contribution in [2.75, 3.05) is 5.32 Å². The molecule has 3 heterocycles. The second kappa shape index (κ2) is 6.07. The topological polar surface area (TPSA) is 70.7 Å². The van der Waals surface area contributed by atoms with Crippen LogP contribution >= 0.6 is 22.9 Å². The van der Waals surface area contributed by atoms with Crippen molar-refractivity contribution in [1.82, 2.24) is 15.0 Å². The Balaban J connectivity index is 1.56. The van der Waals surface area contributed by atoms with Gasteiger partial charge in [0.05, 0.1) is 27.8 Å². The van der Waals surface area contributed by atoms with Crippen molar-refractivity contribution in [1.29, 1.82) is 0 Å². The number of aromatic amines is 1. The number of aromatic nitrogens is 3. The van der Waals surface area contributed by atoms with Gasteiger partial charge in [-0.2, -0.15) is 0 Å². The van der Waals surface area contributed by atoms with E-state index in [1.54, 1.807) is 23.2 Å². The fraction of sp³-hybridized carbons (Fsp3) is 0. The van der Waals surface area contributed by atoms with Crippen LogP contribution in [0.2, 0.25) is 5.02 Å². The van der Waals surface area contributed by atoms with Gasteiger partial charge in [-0.1, -0.05) is 11.6 Å². The number of fused-ring (bicyclic) bond motifs is 1. The minimum atomic E-state index is -0.219. The SMILES string of the molecule is O=C(Nc1ccc(-c2nc3ccncc3[nH]2)cc1)c1cscc1Cl. The molecule has 0 fully saturated rings. The highest BCUT2D eigenvalue weighted by Gasteiger charge is 2.11. The summed E-state index contributed by atoms with van der Waals surface area (Å²) in [6.45, 7) is 0. The van der Waals surface area contributed by atoms with Crippen molar-refractivity contribution in [3.8, 4) is 11.4 Å². The van der Waals surface area contributed by atoms with Crippen LogP contribution in [-0.4, -0.2) is 20.9 Å². The quantitative estimate of drug-likeness (QED) is 0.565. The average Bonchev–Trinajstić information content (AvgIpc) is 3.21. The fourth-order valence-electron chi connectivity index (χ4n) is 2.35. The molecule has 4 rings (SSSR count). The van der Waals surface area contributed by atoms with E-state index in [1.165, 1.54) is 11.3 Å². The summed E-state index contributed by atoms with van der Waals surface area (Å²) in [4.78, 5) is 24.0. The first kappa shape index (κ1) is 14.9. The third kappa shape index (κ3) is 2.77. The predicted molar refractivity (Wildman–Crippen MR) is 96.6 cm³/mol. The molecule has 2 N–H and O–H groups in total. The summed E-state index contributed by atoms with van der Waals surface area (Å²) >= 11 is 7.37. The van der Waals surface area contributed by atoms with E-state index in [4.69, 9.17) is 11.6 Å². The van der Waals surface area contributed by atoms with Crippen LogP contribution in [0.25, 0.3) is 22.4 Å². The first-order valence-corrected chi connectivity index (χ1v) is 8.46. The number of amides is 1. The number of nitrogens with zero attached hydrogens (tertiary/aromatic N) is 2. The zero-order valence-corrected chi connectivity index (χ0v) is 13.9. The summed E-state index contributed by atoms with van der Waals surface area (Å²) in [6.07, 6.45) is 3.45. The van der Waals surface area contributed by atoms with Crippen molar-refractivity contribution >= 4 is 45.6 Å². The molecule has 0 aliphatic carbocycles. The van der Waals surface area contributed by atoms with Gasteiger partial charge in [-0.15, -0.1) is 11.3 Å². The van der Waals surface area contributed by atoms with Gasteiger partial charge in [-0.3, -0.25) is 9.78 Å². The van der Waals surface area contributed by atoms with Crippen molar-refractivity contribution in [3.63, 3.8) is 0 Å². The molecule has 3 aromatic heterocycles. The molecule has 0 aliphatic heterocycles. The number of nitrogens with one attached hydrogen (secondary N) is 2.